The second-order valence-corrected chi connectivity index (χ2v) is 5.25. The van der Waals surface area contributed by atoms with E-state index in [-0.39, 0.29) is 0 Å². The summed E-state index contributed by atoms with van der Waals surface area (Å²) in [5.41, 5.74) is 2.45. The zero-order valence-corrected chi connectivity index (χ0v) is 11.8. The van der Waals surface area contributed by atoms with Crippen LogP contribution in [0.2, 0.25) is 0 Å². The number of nitrogens with zero attached hydrogens (tertiary/aromatic N) is 3. The Morgan fingerprint density at radius 1 is 1.47 bits per heavy atom. The molecule has 0 amide bonds. The Bertz CT molecular complexity index is 330. The van der Waals surface area contributed by atoms with Crippen molar-refractivity contribution < 1.29 is 0 Å². The van der Waals surface area contributed by atoms with Crippen LogP contribution in [-0.2, 0) is 13.6 Å². The van der Waals surface area contributed by atoms with Gasteiger partial charge in [-0.05, 0) is 26.4 Å². The molecule has 0 saturated heterocycles. The smallest absolute Gasteiger partial charge is 0.0638 e. The van der Waals surface area contributed by atoms with Crippen molar-refractivity contribution in [1.29, 1.82) is 0 Å². The first-order valence-electron chi connectivity index (χ1n) is 6.37. The van der Waals surface area contributed by atoms with Gasteiger partial charge in [0.05, 0.1) is 5.69 Å². The van der Waals surface area contributed by atoms with Crippen LogP contribution in [0, 0.1) is 12.8 Å². The van der Waals surface area contributed by atoms with Crippen LogP contribution in [0.5, 0.6) is 0 Å². The van der Waals surface area contributed by atoms with Crippen molar-refractivity contribution >= 4 is 0 Å². The molecule has 0 spiro atoms. The molecular formula is C13H26N4. The molecule has 4 nitrogen and oxygen atoms in total. The molecule has 1 rings (SSSR count). The molecule has 0 saturated carbocycles. The number of aromatic nitrogens is 2. The Morgan fingerprint density at radius 2 is 2.18 bits per heavy atom. The number of likely N-dealkylation sites (N-methyl/N-ethyl adjacent to an activating group) is 1. The van der Waals surface area contributed by atoms with E-state index in [9.17, 15) is 0 Å². The maximum Gasteiger partial charge on any atom is 0.0638 e. The van der Waals surface area contributed by atoms with Gasteiger partial charge in [0.2, 0.25) is 0 Å². The fourth-order valence-electron chi connectivity index (χ4n) is 1.83. The van der Waals surface area contributed by atoms with Crippen molar-refractivity contribution in [2.75, 3.05) is 26.7 Å². The van der Waals surface area contributed by atoms with Crippen LogP contribution < -0.4 is 5.32 Å². The van der Waals surface area contributed by atoms with Crippen LogP contribution in [0.4, 0.5) is 0 Å². The van der Waals surface area contributed by atoms with Crippen molar-refractivity contribution in [3.05, 3.63) is 17.5 Å². The van der Waals surface area contributed by atoms with Gasteiger partial charge in [-0.15, -0.1) is 0 Å². The molecule has 98 valence electrons. The van der Waals surface area contributed by atoms with E-state index in [1.807, 2.05) is 11.7 Å². The minimum Gasteiger partial charge on any atom is -0.315 e. The summed E-state index contributed by atoms with van der Waals surface area (Å²) in [4.78, 5) is 2.33. The Hall–Kier alpha value is -0.870. The quantitative estimate of drug-likeness (QED) is 0.729. The van der Waals surface area contributed by atoms with Gasteiger partial charge >= 0.3 is 0 Å². The first-order chi connectivity index (χ1) is 7.99. The summed E-state index contributed by atoms with van der Waals surface area (Å²) in [6, 6.07) is 0. The lowest BCUT2D eigenvalue weighted by molar-refractivity contribution is 0.321. The number of hydrogen-bond acceptors (Lipinski definition) is 3. The average molecular weight is 238 g/mol. The molecule has 1 heterocycles. The highest BCUT2D eigenvalue weighted by Crippen LogP contribution is 2.06. The largest absolute Gasteiger partial charge is 0.315 e. The van der Waals surface area contributed by atoms with Gasteiger partial charge in [-0.1, -0.05) is 13.8 Å². The topological polar surface area (TPSA) is 33.1 Å². The average Bonchev–Trinajstić information content (AvgIpc) is 2.52. The van der Waals surface area contributed by atoms with E-state index in [2.05, 4.69) is 49.3 Å². The van der Waals surface area contributed by atoms with Crippen LogP contribution in [0.1, 0.15) is 25.1 Å². The predicted octanol–water partition coefficient (Wildman–Crippen LogP) is 1.41. The van der Waals surface area contributed by atoms with Gasteiger partial charge in [-0.2, -0.15) is 5.10 Å². The van der Waals surface area contributed by atoms with E-state index >= 15 is 0 Å². The third-order valence-corrected chi connectivity index (χ3v) is 2.78. The standard InChI is InChI=1S/C13H26N4/c1-11(2)8-14-6-7-16(4)9-13-10-17(5)15-12(13)3/h10-11,14H,6-9H2,1-5H3. The maximum absolute atomic E-state index is 4.36. The van der Waals surface area contributed by atoms with Crippen LogP contribution >= 0.6 is 0 Å². The Labute approximate surface area is 105 Å². The van der Waals surface area contributed by atoms with E-state index in [0.717, 1.165) is 37.8 Å². The Morgan fingerprint density at radius 3 is 2.71 bits per heavy atom. The lowest BCUT2D eigenvalue weighted by Crippen LogP contribution is -2.30. The summed E-state index contributed by atoms with van der Waals surface area (Å²) in [6.45, 7) is 10.7. The molecule has 0 aliphatic rings. The van der Waals surface area contributed by atoms with Gasteiger partial charge < -0.3 is 10.2 Å². The SMILES string of the molecule is Cc1nn(C)cc1CN(C)CCNCC(C)C. The number of hydrogen-bond donors (Lipinski definition) is 1. The molecule has 1 aromatic heterocycles. The van der Waals surface area contributed by atoms with E-state index in [1.54, 1.807) is 0 Å². The second-order valence-electron chi connectivity index (χ2n) is 5.25. The number of aryl methyl sites for hydroxylation is 2. The molecule has 0 aliphatic carbocycles. The molecule has 1 N–H and O–H groups in total. The molecule has 4 heteroatoms. The first kappa shape index (κ1) is 14.2. The molecule has 0 atom stereocenters. The summed E-state index contributed by atoms with van der Waals surface area (Å²) < 4.78 is 1.88. The molecule has 0 unspecified atom stereocenters. The van der Waals surface area contributed by atoms with Crippen molar-refractivity contribution in [3.63, 3.8) is 0 Å². The third-order valence-electron chi connectivity index (χ3n) is 2.78. The fraction of sp³-hybridized carbons (Fsp3) is 0.769. The third kappa shape index (κ3) is 5.33. The normalized spacial score (nSPS) is 11.7. The highest BCUT2D eigenvalue weighted by atomic mass is 15.3. The summed E-state index contributed by atoms with van der Waals surface area (Å²) in [6.07, 6.45) is 2.10. The van der Waals surface area contributed by atoms with E-state index < -0.39 is 0 Å². The molecule has 0 aliphatic heterocycles. The number of nitrogens with one attached hydrogen (secondary N) is 1. The molecule has 17 heavy (non-hydrogen) atoms. The van der Waals surface area contributed by atoms with Crippen molar-refractivity contribution in [1.82, 2.24) is 20.0 Å². The van der Waals surface area contributed by atoms with Gasteiger partial charge in [0.1, 0.15) is 0 Å². The fourth-order valence-corrected chi connectivity index (χ4v) is 1.83. The maximum atomic E-state index is 4.36. The van der Waals surface area contributed by atoms with Crippen LogP contribution in [0.15, 0.2) is 6.20 Å². The van der Waals surface area contributed by atoms with Gasteiger partial charge in [0, 0.05) is 38.4 Å². The highest BCUT2D eigenvalue weighted by molar-refractivity contribution is 5.14. The van der Waals surface area contributed by atoms with Crippen molar-refractivity contribution in [3.8, 4) is 0 Å². The summed E-state index contributed by atoms with van der Waals surface area (Å²) >= 11 is 0. The van der Waals surface area contributed by atoms with E-state index in [4.69, 9.17) is 0 Å². The highest BCUT2D eigenvalue weighted by Gasteiger charge is 2.06. The lowest BCUT2D eigenvalue weighted by Gasteiger charge is -2.17. The van der Waals surface area contributed by atoms with Gasteiger partial charge in [0.25, 0.3) is 0 Å². The summed E-state index contributed by atoms with van der Waals surface area (Å²) in [7, 11) is 4.13. The Kier molecular flexibility index (Phi) is 5.65. The van der Waals surface area contributed by atoms with Crippen molar-refractivity contribution in [2.45, 2.75) is 27.3 Å². The van der Waals surface area contributed by atoms with E-state index in [0.29, 0.717) is 0 Å². The summed E-state index contributed by atoms with van der Waals surface area (Å²) in [5, 5.41) is 7.82. The van der Waals surface area contributed by atoms with Crippen molar-refractivity contribution in [2.24, 2.45) is 13.0 Å². The minimum atomic E-state index is 0.723. The lowest BCUT2D eigenvalue weighted by atomic mass is 10.2. The van der Waals surface area contributed by atoms with Crippen LogP contribution in [0.3, 0.4) is 0 Å². The zero-order valence-electron chi connectivity index (χ0n) is 11.8. The second kappa shape index (κ2) is 6.77. The predicted molar refractivity (Wildman–Crippen MR) is 72.0 cm³/mol. The van der Waals surface area contributed by atoms with Crippen LogP contribution in [-0.4, -0.2) is 41.4 Å². The zero-order chi connectivity index (χ0) is 12.8. The Balaban J connectivity index is 2.25. The molecule has 0 fully saturated rings. The van der Waals surface area contributed by atoms with Gasteiger partial charge in [-0.25, -0.2) is 0 Å². The first-order valence-corrected chi connectivity index (χ1v) is 6.37. The molecule has 0 aromatic carbocycles. The minimum absolute atomic E-state index is 0.723. The van der Waals surface area contributed by atoms with Gasteiger partial charge in [-0.3, -0.25) is 4.68 Å². The summed E-state index contributed by atoms with van der Waals surface area (Å²) in [5.74, 6) is 0.723. The molecule has 0 bridgehead atoms. The molecular weight excluding hydrogens is 212 g/mol. The van der Waals surface area contributed by atoms with Crippen LogP contribution in [0.25, 0.3) is 0 Å². The molecule has 0 radical (unpaired) electrons. The monoisotopic (exact) mass is 238 g/mol. The van der Waals surface area contributed by atoms with E-state index in [1.165, 1.54) is 5.56 Å². The molecule has 1 aromatic rings. The van der Waals surface area contributed by atoms with Gasteiger partial charge in [0.15, 0.2) is 0 Å². The number of rotatable bonds is 7.